The maximum absolute atomic E-state index is 13.1. The predicted molar refractivity (Wildman–Crippen MR) is 172 cm³/mol. The zero-order valence-corrected chi connectivity index (χ0v) is 29.4. The largest absolute Gasteiger partial charge is 0.511 e. The van der Waals surface area contributed by atoms with Gasteiger partial charge in [0.25, 0.3) is 0 Å². The summed E-state index contributed by atoms with van der Waals surface area (Å²) in [5, 5.41) is 12.1. The van der Waals surface area contributed by atoms with Crippen molar-refractivity contribution >= 4 is 16.7 Å². The van der Waals surface area contributed by atoms with E-state index in [1.165, 1.54) is 16.5 Å². The normalized spacial score (nSPS) is 19.2. The molecule has 0 bridgehead atoms. The third kappa shape index (κ3) is 6.61. The molecule has 42 heavy (non-hydrogen) atoms. The molecular weight excluding hydrogens is 695 g/mol. The second kappa shape index (κ2) is 14.0. The van der Waals surface area contributed by atoms with Crippen molar-refractivity contribution in [3.63, 3.8) is 0 Å². The first-order valence-corrected chi connectivity index (χ1v) is 15.9. The van der Waals surface area contributed by atoms with Crippen LogP contribution in [0.1, 0.15) is 116 Å². The Morgan fingerprint density at radius 1 is 0.905 bits per heavy atom. The third-order valence-electron chi connectivity index (χ3n) is 10.3. The molecule has 3 nitrogen and oxygen atoms in total. The molecule has 0 spiro atoms. The van der Waals surface area contributed by atoms with Gasteiger partial charge in [-0.3, -0.25) is 9.78 Å². The molecule has 2 aromatic carbocycles. The molecule has 1 heterocycles. The van der Waals surface area contributed by atoms with Gasteiger partial charge in [-0.15, -0.1) is 34.9 Å². The maximum Gasteiger partial charge on any atom is 0.168 e. The molecule has 1 N–H and O–H groups in total. The summed E-state index contributed by atoms with van der Waals surface area (Å²) in [6, 6.07) is 18.5. The number of allylic oxidation sites excluding steroid dienone is 2. The number of benzene rings is 2. The van der Waals surface area contributed by atoms with Gasteiger partial charge in [-0.05, 0) is 85.9 Å². The zero-order valence-electron chi connectivity index (χ0n) is 27.0. The van der Waals surface area contributed by atoms with E-state index in [0.717, 1.165) is 79.3 Å². The first kappa shape index (κ1) is 34.2. The van der Waals surface area contributed by atoms with Crippen molar-refractivity contribution in [1.82, 2.24) is 4.98 Å². The molecule has 1 saturated carbocycles. The Morgan fingerprint density at radius 2 is 1.50 bits per heavy atom. The number of nitrogens with zero attached hydrogens (tertiary/aromatic N) is 1. The van der Waals surface area contributed by atoms with Crippen LogP contribution in [0.5, 0.6) is 0 Å². The Kier molecular flexibility index (Phi) is 11.4. The number of Topliss-reactive ketones (excluding diaryl/α,β-unsaturated/α-hetero) is 1. The van der Waals surface area contributed by atoms with Gasteiger partial charge in [0.2, 0.25) is 0 Å². The number of pyridine rings is 1. The second-order valence-electron chi connectivity index (χ2n) is 12.9. The molecule has 1 fully saturated rings. The summed E-state index contributed by atoms with van der Waals surface area (Å²) in [5.41, 5.74) is 7.34. The van der Waals surface area contributed by atoms with E-state index in [4.69, 9.17) is 4.98 Å². The van der Waals surface area contributed by atoms with E-state index in [1.54, 1.807) is 0 Å². The summed E-state index contributed by atoms with van der Waals surface area (Å²) < 4.78 is 0. The Hall–Kier alpha value is -2.29. The van der Waals surface area contributed by atoms with Crippen LogP contribution in [-0.2, 0) is 24.9 Å². The standard InChI is InChI=1S/C20H20N.C18H30O2.Ir/c1-13(2)17-6-5-16-7-8-19(21-20(16)12-17)18-10-14(3)9-15(4)11-18;1-5-17(6-2)11-9-13-10-12-18(7-3,8-4)16(20)14(13)15(17)19;/h5-10,12-13H,1-4H3;13,19H,5-12H2,1-4H3;/q-1;;. The van der Waals surface area contributed by atoms with Crippen molar-refractivity contribution < 1.29 is 30.0 Å². The second-order valence-corrected chi connectivity index (χ2v) is 12.9. The van der Waals surface area contributed by atoms with Crippen LogP contribution in [0.15, 0.2) is 53.8 Å². The average Bonchev–Trinajstić information content (AvgIpc) is 2.97. The molecule has 2 aliphatic carbocycles. The van der Waals surface area contributed by atoms with Crippen LogP contribution in [0.25, 0.3) is 22.2 Å². The number of ketones is 1. The molecule has 3 aromatic rings. The fraction of sp³-hybridized carbons (Fsp3) is 0.526. The number of carbonyl (C=O) groups excluding carboxylic acids is 1. The number of rotatable bonds is 6. The summed E-state index contributed by atoms with van der Waals surface area (Å²) in [6.45, 7) is 17.1. The quantitative estimate of drug-likeness (QED) is 0.256. The number of aliphatic hydroxyl groups is 1. The number of hydrogen-bond donors (Lipinski definition) is 1. The number of aryl methyl sites for hydroxylation is 2. The van der Waals surface area contributed by atoms with Crippen molar-refractivity contribution in [2.75, 3.05) is 0 Å². The van der Waals surface area contributed by atoms with Crippen LogP contribution in [0.2, 0.25) is 0 Å². The first-order valence-electron chi connectivity index (χ1n) is 15.9. The molecule has 2 aliphatic rings. The van der Waals surface area contributed by atoms with Crippen LogP contribution < -0.4 is 0 Å². The first-order chi connectivity index (χ1) is 19.5. The van der Waals surface area contributed by atoms with E-state index in [9.17, 15) is 9.90 Å². The van der Waals surface area contributed by atoms with Gasteiger partial charge in [0.05, 0.1) is 5.52 Å². The van der Waals surface area contributed by atoms with Gasteiger partial charge >= 0.3 is 0 Å². The summed E-state index contributed by atoms with van der Waals surface area (Å²) in [7, 11) is 0. The van der Waals surface area contributed by atoms with Gasteiger partial charge in [-0.2, -0.15) is 0 Å². The van der Waals surface area contributed by atoms with Crippen LogP contribution in [0.3, 0.4) is 0 Å². The van der Waals surface area contributed by atoms with Gasteiger partial charge in [0, 0.05) is 36.5 Å². The molecule has 229 valence electrons. The smallest absolute Gasteiger partial charge is 0.168 e. The van der Waals surface area contributed by atoms with Crippen molar-refractivity contribution in [3.8, 4) is 11.3 Å². The monoisotopic (exact) mass is 745 g/mol. The molecule has 1 radical (unpaired) electrons. The summed E-state index contributed by atoms with van der Waals surface area (Å²) in [6.07, 6.45) is 7.87. The van der Waals surface area contributed by atoms with Gasteiger partial charge in [-0.1, -0.05) is 79.7 Å². The summed E-state index contributed by atoms with van der Waals surface area (Å²) in [4.78, 5) is 17.9. The Bertz CT molecular complexity index is 1410. The fourth-order valence-corrected chi connectivity index (χ4v) is 7.16. The number of aromatic nitrogens is 1. The Balaban J connectivity index is 0.000000225. The maximum atomic E-state index is 13.1. The third-order valence-corrected chi connectivity index (χ3v) is 10.3. The average molecular weight is 745 g/mol. The summed E-state index contributed by atoms with van der Waals surface area (Å²) >= 11 is 0. The van der Waals surface area contributed by atoms with Crippen LogP contribution in [0, 0.1) is 36.7 Å². The minimum Gasteiger partial charge on any atom is -0.511 e. The van der Waals surface area contributed by atoms with Gasteiger partial charge in [-0.25, -0.2) is 0 Å². The SMILES string of the molecule is CCC1(CC)CCC2CCC(CC)(CC)C(O)=C2C1=O.Cc1[c-]c(-c2ccc3ccc(C(C)C)cc3n2)cc(C)c1.[Ir]. The number of aliphatic hydroxyl groups excluding tert-OH is 1. The molecule has 1 atom stereocenters. The number of hydrogen-bond acceptors (Lipinski definition) is 3. The molecule has 0 aliphatic heterocycles. The van der Waals surface area contributed by atoms with Crippen LogP contribution in [0.4, 0.5) is 0 Å². The molecule has 1 unspecified atom stereocenters. The molecule has 5 rings (SSSR count). The number of fused-ring (bicyclic) bond motifs is 2. The van der Waals surface area contributed by atoms with E-state index >= 15 is 0 Å². The Labute approximate surface area is 268 Å². The zero-order chi connectivity index (χ0) is 29.9. The molecule has 1 aromatic heterocycles. The Morgan fingerprint density at radius 3 is 2.07 bits per heavy atom. The van der Waals surface area contributed by atoms with Crippen LogP contribution in [-0.4, -0.2) is 15.9 Å². The van der Waals surface area contributed by atoms with Crippen molar-refractivity contribution in [2.24, 2.45) is 16.7 Å². The van der Waals surface area contributed by atoms with Gasteiger partial charge in [0.15, 0.2) is 5.78 Å². The van der Waals surface area contributed by atoms with Gasteiger partial charge in [0.1, 0.15) is 5.76 Å². The summed E-state index contributed by atoms with van der Waals surface area (Å²) in [5.74, 6) is 1.56. The topological polar surface area (TPSA) is 50.2 Å². The van der Waals surface area contributed by atoms with Crippen molar-refractivity contribution in [3.05, 3.63) is 76.6 Å². The van der Waals surface area contributed by atoms with E-state index in [2.05, 4.69) is 104 Å². The molecule has 0 saturated heterocycles. The van der Waals surface area contributed by atoms with Crippen LogP contribution >= 0.6 is 0 Å². The van der Waals surface area contributed by atoms with E-state index in [0.29, 0.717) is 17.6 Å². The van der Waals surface area contributed by atoms with Crippen molar-refractivity contribution in [1.29, 1.82) is 0 Å². The van der Waals surface area contributed by atoms with Gasteiger partial charge < -0.3 is 5.11 Å². The molecule has 0 amide bonds. The minimum atomic E-state index is -0.204. The van der Waals surface area contributed by atoms with E-state index < -0.39 is 0 Å². The van der Waals surface area contributed by atoms with Crippen molar-refractivity contribution in [2.45, 2.75) is 113 Å². The minimum absolute atomic E-state index is 0. The fourth-order valence-electron chi connectivity index (χ4n) is 7.16. The van der Waals surface area contributed by atoms with E-state index in [1.807, 2.05) is 0 Å². The molecule has 4 heteroatoms. The number of carbonyl (C=O) groups is 1. The molecular formula is C38H50IrNO2-. The predicted octanol–water partition coefficient (Wildman–Crippen LogP) is 10.6. The van der Waals surface area contributed by atoms with E-state index in [-0.39, 0.29) is 36.7 Å².